The van der Waals surface area contributed by atoms with Crippen molar-refractivity contribution in [1.82, 2.24) is 15.1 Å². The van der Waals surface area contributed by atoms with Crippen molar-refractivity contribution in [2.45, 2.75) is 39.7 Å². The molecule has 0 bridgehead atoms. The largest absolute Gasteiger partial charge is 0.352 e. The van der Waals surface area contributed by atoms with Gasteiger partial charge in [0.2, 0.25) is 0 Å². The smallest absolute Gasteiger partial charge is 0.255 e. The highest BCUT2D eigenvalue weighted by molar-refractivity contribution is 5.96. The molecule has 1 aromatic rings. The van der Waals surface area contributed by atoms with Crippen molar-refractivity contribution in [2.24, 2.45) is 12.8 Å². The van der Waals surface area contributed by atoms with Crippen molar-refractivity contribution in [2.75, 3.05) is 6.54 Å². The monoisotopic (exact) mass is 238 g/mol. The highest BCUT2D eigenvalue weighted by Gasteiger charge is 2.16. The molecule has 0 radical (unpaired) electrons. The van der Waals surface area contributed by atoms with E-state index in [0.717, 1.165) is 24.2 Å². The number of hydrogen-bond acceptors (Lipinski definition) is 3. The molecule has 1 atom stereocenters. The summed E-state index contributed by atoms with van der Waals surface area (Å²) in [7, 11) is 1.84. The molecule has 1 heterocycles. The van der Waals surface area contributed by atoms with Gasteiger partial charge in [0.25, 0.3) is 5.91 Å². The van der Waals surface area contributed by atoms with Gasteiger partial charge in [0, 0.05) is 25.3 Å². The van der Waals surface area contributed by atoms with Crippen LogP contribution in [0.25, 0.3) is 0 Å². The van der Waals surface area contributed by atoms with Crippen LogP contribution in [0.1, 0.15) is 41.5 Å². The van der Waals surface area contributed by atoms with Gasteiger partial charge in [0.05, 0.1) is 11.3 Å². The fourth-order valence-electron chi connectivity index (χ4n) is 1.77. The molecule has 1 aromatic heterocycles. The first kappa shape index (κ1) is 13.7. The van der Waals surface area contributed by atoms with Gasteiger partial charge >= 0.3 is 0 Å². The van der Waals surface area contributed by atoms with E-state index >= 15 is 0 Å². The number of nitrogens with zero attached hydrogens (tertiary/aromatic N) is 2. The van der Waals surface area contributed by atoms with E-state index in [2.05, 4.69) is 10.4 Å². The first-order valence-electron chi connectivity index (χ1n) is 6.01. The Morgan fingerprint density at radius 3 is 2.65 bits per heavy atom. The van der Waals surface area contributed by atoms with Crippen molar-refractivity contribution in [3.8, 4) is 0 Å². The zero-order valence-corrected chi connectivity index (χ0v) is 11.1. The number of amides is 1. The lowest BCUT2D eigenvalue weighted by Gasteiger charge is -2.09. The van der Waals surface area contributed by atoms with Crippen LogP contribution in [0.3, 0.4) is 0 Å². The van der Waals surface area contributed by atoms with E-state index in [1.807, 2.05) is 27.8 Å². The van der Waals surface area contributed by atoms with Crippen LogP contribution in [0.4, 0.5) is 0 Å². The highest BCUT2D eigenvalue weighted by atomic mass is 16.1. The zero-order chi connectivity index (χ0) is 13.0. The Bertz CT molecular complexity index is 397. The topological polar surface area (TPSA) is 72.9 Å². The Labute approximate surface area is 102 Å². The molecular weight excluding hydrogens is 216 g/mol. The first-order valence-corrected chi connectivity index (χ1v) is 6.01. The van der Waals surface area contributed by atoms with E-state index < -0.39 is 0 Å². The lowest BCUT2D eigenvalue weighted by Crippen LogP contribution is -2.30. The molecule has 0 aliphatic heterocycles. The molecule has 96 valence electrons. The van der Waals surface area contributed by atoms with Gasteiger partial charge < -0.3 is 11.1 Å². The van der Waals surface area contributed by atoms with Crippen LogP contribution in [0, 0.1) is 13.8 Å². The van der Waals surface area contributed by atoms with Crippen LogP contribution in [0.2, 0.25) is 0 Å². The van der Waals surface area contributed by atoms with Crippen molar-refractivity contribution >= 4 is 5.91 Å². The average Bonchev–Trinajstić information content (AvgIpc) is 2.52. The summed E-state index contributed by atoms with van der Waals surface area (Å²) in [5, 5.41) is 7.11. The second kappa shape index (κ2) is 5.82. The summed E-state index contributed by atoms with van der Waals surface area (Å²) in [5.74, 6) is -0.0589. The second-order valence-corrected chi connectivity index (χ2v) is 4.38. The van der Waals surface area contributed by atoms with Gasteiger partial charge in [-0.3, -0.25) is 9.48 Å². The minimum Gasteiger partial charge on any atom is -0.352 e. The molecule has 0 fully saturated rings. The minimum atomic E-state index is -0.0589. The summed E-state index contributed by atoms with van der Waals surface area (Å²) in [4.78, 5) is 12.0. The molecule has 5 heteroatoms. The number of aromatic nitrogens is 2. The van der Waals surface area contributed by atoms with Crippen molar-refractivity contribution in [1.29, 1.82) is 0 Å². The van der Waals surface area contributed by atoms with Gasteiger partial charge in [-0.25, -0.2) is 0 Å². The molecule has 3 N–H and O–H groups in total. The zero-order valence-electron chi connectivity index (χ0n) is 11.1. The Kier molecular flexibility index (Phi) is 4.69. The molecule has 17 heavy (non-hydrogen) atoms. The van der Waals surface area contributed by atoms with Gasteiger partial charge in [-0.1, -0.05) is 6.92 Å². The van der Waals surface area contributed by atoms with E-state index in [9.17, 15) is 4.79 Å². The number of rotatable bonds is 5. The molecular formula is C12H22N4O. The predicted molar refractivity (Wildman–Crippen MR) is 67.9 cm³/mol. The van der Waals surface area contributed by atoms with E-state index in [4.69, 9.17) is 5.73 Å². The van der Waals surface area contributed by atoms with E-state index in [-0.39, 0.29) is 11.9 Å². The van der Waals surface area contributed by atoms with E-state index in [0.29, 0.717) is 12.1 Å². The number of hydrogen-bond donors (Lipinski definition) is 2. The standard InChI is InChI=1S/C12H22N4O/c1-5-10(13)6-7-14-12(17)11-8(2)15-16(4)9(11)3/h10H,5-7,13H2,1-4H3,(H,14,17). The highest BCUT2D eigenvalue weighted by Crippen LogP contribution is 2.11. The van der Waals surface area contributed by atoms with Crippen LogP contribution >= 0.6 is 0 Å². The number of aryl methyl sites for hydroxylation is 2. The Hall–Kier alpha value is -1.36. The van der Waals surface area contributed by atoms with E-state index in [1.54, 1.807) is 4.68 Å². The Balaban J connectivity index is 2.58. The van der Waals surface area contributed by atoms with E-state index in [1.165, 1.54) is 0 Å². The summed E-state index contributed by atoms with van der Waals surface area (Å²) in [6.45, 7) is 6.40. The predicted octanol–water partition coefficient (Wildman–Crippen LogP) is 0.894. The first-order chi connectivity index (χ1) is 7.97. The molecule has 0 aromatic carbocycles. The van der Waals surface area contributed by atoms with Gasteiger partial charge in [0.15, 0.2) is 0 Å². The normalized spacial score (nSPS) is 12.5. The van der Waals surface area contributed by atoms with Crippen LogP contribution in [-0.4, -0.2) is 28.3 Å². The summed E-state index contributed by atoms with van der Waals surface area (Å²) < 4.78 is 1.72. The number of carbonyl (C=O) groups excluding carboxylic acids is 1. The van der Waals surface area contributed by atoms with Gasteiger partial charge in [-0.05, 0) is 26.7 Å². The minimum absolute atomic E-state index is 0.0589. The number of nitrogens with two attached hydrogens (primary N) is 1. The average molecular weight is 238 g/mol. The maximum Gasteiger partial charge on any atom is 0.255 e. The third-order valence-corrected chi connectivity index (χ3v) is 3.06. The van der Waals surface area contributed by atoms with Crippen LogP contribution < -0.4 is 11.1 Å². The second-order valence-electron chi connectivity index (χ2n) is 4.38. The van der Waals surface area contributed by atoms with Gasteiger partial charge in [-0.15, -0.1) is 0 Å². The lowest BCUT2D eigenvalue weighted by atomic mass is 10.1. The maximum atomic E-state index is 12.0. The quantitative estimate of drug-likeness (QED) is 0.800. The van der Waals surface area contributed by atoms with Crippen LogP contribution in [0.15, 0.2) is 0 Å². The maximum absolute atomic E-state index is 12.0. The molecule has 1 rings (SSSR count). The molecule has 0 aliphatic rings. The molecule has 0 aliphatic carbocycles. The summed E-state index contributed by atoms with van der Waals surface area (Å²) in [6, 6.07) is 0.159. The molecule has 5 nitrogen and oxygen atoms in total. The van der Waals surface area contributed by atoms with Crippen molar-refractivity contribution in [3.63, 3.8) is 0 Å². The Morgan fingerprint density at radius 1 is 1.53 bits per heavy atom. The summed E-state index contributed by atoms with van der Waals surface area (Å²) in [5.41, 5.74) is 8.13. The van der Waals surface area contributed by atoms with Crippen molar-refractivity contribution in [3.05, 3.63) is 17.0 Å². The van der Waals surface area contributed by atoms with Crippen molar-refractivity contribution < 1.29 is 4.79 Å². The molecule has 1 amide bonds. The third kappa shape index (κ3) is 3.30. The Morgan fingerprint density at radius 2 is 2.18 bits per heavy atom. The SMILES string of the molecule is CCC(N)CCNC(=O)c1c(C)nn(C)c1C. The lowest BCUT2D eigenvalue weighted by molar-refractivity contribution is 0.0951. The number of carbonyl (C=O) groups is 1. The molecule has 1 unspecified atom stereocenters. The molecule has 0 spiro atoms. The summed E-state index contributed by atoms with van der Waals surface area (Å²) in [6.07, 6.45) is 1.74. The molecule has 0 saturated heterocycles. The molecule has 0 saturated carbocycles. The van der Waals surface area contributed by atoms with Crippen LogP contribution in [-0.2, 0) is 7.05 Å². The fourth-order valence-corrected chi connectivity index (χ4v) is 1.77. The fraction of sp³-hybridized carbons (Fsp3) is 0.667. The number of nitrogens with one attached hydrogen (secondary N) is 1. The van der Waals surface area contributed by atoms with Crippen LogP contribution in [0.5, 0.6) is 0 Å². The van der Waals surface area contributed by atoms with Gasteiger partial charge in [0.1, 0.15) is 0 Å². The van der Waals surface area contributed by atoms with Gasteiger partial charge in [-0.2, -0.15) is 5.10 Å². The third-order valence-electron chi connectivity index (χ3n) is 3.06. The summed E-state index contributed by atoms with van der Waals surface area (Å²) >= 11 is 0.